The minimum atomic E-state index is -2.16. The first-order valence-corrected chi connectivity index (χ1v) is 19.8. The third kappa shape index (κ3) is 11.5. The van der Waals surface area contributed by atoms with Gasteiger partial charge in [-0.2, -0.15) is 0 Å². The van der Waals surface area contributed by atoms with Gasteiger partial charge in [0.05, 0.1) is 24.1 Å². The molecule has 2 unspecified atom stereocenters. The molecule has 0 saturated carbocycles. The van der Waals surface area contributed by atoms with Gasteiger partial charge in [-0.3, -0.25) is 24.3 Å². The highest BCUT2D eigenvalue weighted by Gasteiger charge is 2.45. The number of halogens is 2. The van der Waals surface area contributed by atoms with E-state index in [1.54, 1.807) is 24.3 Å². The van der Waals surface area contributed by atoms with Crippen molar-refractivity contribution < 1.29 is 57.1 Å². The predicted octanol–water partition coefficient (Wildman–Crippen LogP) is 4.50. The van der Waals surface area contributed by atoms with Crippen LogP contribution in [-0.4, -0.2) is 91.8 Å². The highest BCUT2D eigenvalue weighted by Crippen LogP contribution is 2.38. The van der Waals surface area contributed by atoms with E-state index in [1.807, 2.05) is 18.2 Å². The Hall–Kier alpha value is -5.12. The van der Waals surface area contributed by atoms with E-state index in [0.717, 1.165) is 73.4 Å². The fraction of sp³-hybridized carbons (Fsp3) is 0.450. The molecule has 2 amide bonds. The normalized spacial score (nSPS) is 19.0. The van der Waals surface area contributed by atoms with Gasteiger partial charge >= 0.3 is 0 Å². The van der Waals surface area contributed by atoms with Crippen LogP contribution in [0.15, 0.2) is 60.7 Å². The minimum Gasteiger partial charge on any atom is -0.385 e. The molecule has 0 spiro atoms. The highest BCUT2D eigenvalue weighted by atomic mass is 19.1. The number of anilines is 2. The molecule has 318 valence electrons. The number of ether oxygens (including phenoxy) is 2. The number of unbranched alkanes of at least 4 members (excludes halogenated alkanes) is 2. The molecule has 3 aliphatic heterocycles. The second-order valence-corrected chi connectivity index (χ2v) is 14.2. The number of nitrogens with zero attached hydrogens (tertiary/aromatic N) is 2. The van der Waals surface area contributed by atoms with Crippen LogP contribution in [0.4, 0.5) is 20.2 Å². The molecule has 1 aromatic heterocycles. The third-order valence-electron chi connectivity index (χ3n) is 9.67. The first kappa shape index (κ1) is 42.0. The van der Waals surface area contributed by atoms with E-state index in [-0.39, 0.29) is 31.0 Å². The van der Waals surface area contributed by atoms with Crippen molar-refractivity contribution >= 4 is 34.1 Å². The smallest absolute Gasteiger partial charge is 0.282 e. The lowest BCUT2D eigenvalue weighted by atomic mass is 10.1. The van der Waals surface area contributed by atoms with Crippen LogP contribution in [0, 0.1) is 11.6 Å². The average molecular weight is 826 g/mol. The van der Waals surface area contributed by atoms with Gasteiger partial charge < -0.3 is 45.2 Å². The van der Waals surface area contributed by atoms with Crippen LogP contribution in [0.3, 0.4) is 0 Å². The van der Waals surface area contributed by atoms with Crippen molar-refractivity contribution in [1.82, 2.24) is 26.5 Å². The summed E-state index contributed by atoms with van der Waals surface area (Å²) < 4.78 is 38.5. The zero-order valence-electron chi connectivity index (χ0n) is 32.4. The van der Waals surface area contributed by atoms with Crippen LogP contribution in [-0.2, 0) is 35.3 Å². The number of aromatic amines is 1. The summed E-state index contributed by atoms with van der Waals surface area (Å²) >= 11 is 0. The van der Waals surface area contributed by atoms with Crippen LogP contribution in [0.2, 0.25) is 0 Å². The van der Waals surface area contributed by atoms with Gasteiger partial charge in [-0.15, -0.1) is 0 Å². The number of hydroxylamine groups is 3. The first-order chi connectivity index (χ1) is 28.7. The van der Waals surface area contributed by atoms with Crippen LogP contribution < -0.4 is 36.3 Å². The summed E-state index contributed by atoms with van der Waals surface area (Å²) in [6, 6.07) is 15.6. The van der Waals surface area contributed by atoms with Gasteiger partial charge in [-0.25, -0.2) is 13.6 Å². The van der Waals surface area contributed by atoms with E-state index >= 15 is 0 Å². The number of aromatic nitrogens is 1. The first-order valence-electron chi connectivity index (χ1n) is 19.8. The molecule has 4 aromatic rings. The number of aliphatic hydroxyl groups is 1. The maximum Gasteiger partial charge on any atom is 0.282 e. The zero-order chi connectivity index (χ0) is 41.0. The van der Waals surface area contributed by atoms with Crippen LogP contribution in [0.1, 0.15) is 61.0 Å². The number of hydrogen-bond acceptors (Lipinski definition) is 14. The van der Waals surface area contributed by atoms with Gasteiger partial charge in [0.2, 0.25) is 6.23 Å². The van der Waals surface area contributed by atoms with Crippen molar-refractivity contribution in [2.24, 2.45) is 0 Å². The zero-order valence-corrected chi connectivity index (χ0v) is 32.4. The summed E-state index contributed by atoms with van der Waals surface area (Å²) in [5, 5.41) is 23.1. The van der Waals surface area contributed by atoms with E-state index in [0.29, 0.717) is 68.9 Å². The van der Waals surface area contributed by atoms with Gasteiger partial charge in [-0.05, 0) is 86.2 Å². The summed E-state index contributed by atoms with van der Waals surface area (Å²) in [5.41, 5.74) is 5.22. The highest BCUT2D eigenvalue weighted by molar-refractivity contribution is 5.98. The number of H-pyrrole nitrogens is 1. The molecule has 6 N–H and O–H groups in total. The van der Waals surface area contributed by atoms with Crippen LogP contribution in [0.25, 0.3) is 10.9 Å². The summed E-state index contributed by atoms with van der Waals surface area (Å²) in [5.74, 6) is -3.53. The molecule has 7 rings (SSSR count). The number of amides is 2. The second kappa shape index (κ2) is 20.2. The Morgan fingerprint density at radius 2 is 1.63 bits per heavy atom. The van der Waals surface area contributed by atoms with Crippen molar-refractivity contribution in [2.45, 2.75) is 63.5 Å². The maximum atomic E-state index is 13.5. The topological polar surface area (TPSA) is 189 Å². The third-order valence-corrected chi connectivity index (χ3v) is 9.67. The molecule has 2 atom stereocenters. The quantitative estimate of drug-likeness (QED) is 0.0645. The van der Waals surface area contributed by atoms with Gasteiger partial charge in [0.15, 0.2) is 11.5 Å². The lowest BCUT2D eigenvalue weighted by Crippen LogP contribution is -2.47. The molecule has 3 aliphatic rings. The molecule has 0 aliphatic carbocycles. The number of rotatable bonds is 21. The van der Waals surface area contributed by atoms with Gasteiger partial charge in [0, 0.05) is 87.6 Å². The number of fused-ring (bicyclic) bond motifs is 2. The Bertz CT molecular complexity index is 2020. The molecule has 0 bridgehead atoms. The van der Waals surface area contributed by atoms with Crippen molar-refractivity contribution in [1.29, 1.82) is 0 Å². The number of carbonyl (C=O) groups excluding carboxylic acids is 2. The number of nitrogens with one attached hydrogen (secondary N) is 5. The molecule has 17 nitrogen and oxygen atoms in total. The molecule has 0 radical (unpaired) electrons. The number of carbonyl (C=O) groups is 2. The Balaban J connectivity index is 0.699. The largest absolute Gasteiger partial charge is 0.385 e. The van der Waals surface area contributed by atoms with Gasteiger partial charge in [0.25, 0.3) is 17.6 Å². The van der Waals surface area contributed by atoms with E-state index < -0.39 is 29.6 Å². The lowest BCUT2D eigenvalue weighted by Gasteiger charge is -2.26. The van der Waals surface area contributed by atoms with Crippen LogP contribution >= 0.6 is 0 Å². The van der Waals surface area contributed by atoms with E-state index in [1.165, 1.54) is 10.3 Å². The standard InChI is InChI=1S/C40H49F2N7O10/c41-29-20-27(21-30(42)24-29)26-45-39(51)40(52)11-14-48(59-40)32-7-8-33-28(22-32)23-34(46-33)38(50)44-13-2-4-16-54-18-5-17-53-15-3-1-12-43-31-6-9-35-36(25-31)58-49(57-35)37-10-19-55-47-56-37/h6-9,20-25,37,43,46-47,52H,1-5,10-19,26H2,(H,44,50)(H,45,51). The number of benzene rings is 3. The molecular weight excluding hydrogens is 776 g/mol. The van der Waals surface area contributed by atoms with Crippen molar-refractivity contribution in [3.8, 4) is 11.5 Å². The monoisotopic (exact) mass is 825 g/mol. The summed E-state index contributed by atoms with van der Waals surface area (Å²) in [4.78, 5) is 56.0. The lowest BCUT2D eigenvalue weighted by molar-refractivity contribution is -0.376. The molecule has 3 aromatic carbocycles. The summed E-state index contributed by atoms with van der Waals surface area (Å²) in [6.45, 7) is 4.31. The van der Waals surface area contributed by atoms with Crippen molar-refractivity contribution in [3.05, 3.63) is 83.6 Å². The molecule has 2 fully saturated rings. The fourth-order valence-electron chi connectivity index (χ4n) is 6.54. The molecule has 19 heteroatoms. The molecular formula is C40H49F2N7O10. The molecule has 4 heterocycles. The van der Waals surface area contributed by atoms with E-state index in [9.17, 15) is 23.5 Å². The summed E-state index contributed by atoms with van der Waals surface area (Å²) in [7, 11) is 0. The SMILES string of the molecule is O=C(NCCCCOCCCOCCCCNc1ccc2c(c1)ON(C1CCONO1)O2)c1cc2cc(N3CCC(O)(C(=O)NCc4cc(F)cc(F)c4)O3)ccc2[nH]1. The van der Waals surface area contributed by atoms with Crippen molar-refractivity contribution in [3.63, 3.8) is 0 Å². The Morgan fingerprint density at radius 3 is 2.41 bits per heavy atom. The van der Waals surface area contributed by atoms with Crippen LogP contribution in [0.5, 0.6) is 11.5 Å². The van der Waals surface area contributed by atoms with E-state index in [4.69, 9.17) is 33.7 Å². The van der Waals surface area contributed by atoms with Gasteiger partial charge in [0.1, 0.15) is 17.3 Å². The van der Waals surface area contributed by atoms with E-state index in [2.05, 4.69) is 26.6 Å². The number of hydrogen-bond donors (Lipinski definition) is 6. The Morgan fingerprint density at radius 1 is 0.864 bits per heavy atom. The van der Waals surface area contributed by atoms with Gasteiger partial charge in [-0.1, -0.05) is 5.64 Å². The molecule has 2 saturated heterocycles. The fourth-order valence-corrected chi connectivity index (χ4v) is 6.54. The maximum absolute atomic E-state index is 13.5. The van der Waals surface area contributed by atoms with Crippen molar-refractivity contribution in [2.75, 3.05) is 63.0 Å². The minimum absolute atomic E-state index is 0.0341. The Labute approximate surface area is 338 Å². The average Bonchev–Trinajstić information content (AvgIpc) is 3.98. The Kier molecular flexibility index (Phi) is 14.4. The molecule has 59 heavy (non-hydrogen) atoms. The summed E-state index contributed by atoms with van der Waals surface area (Å²) in [6.07, 6.45) is 4.40. The predicted molar refractivity (Wildman–Crippen MR) is 208 cm³/mol. The second-order valence-electron chi connectivity index (χ2n) is 14.2.